The van der Waals surface area contributed by atoms with Crippen LogP contribution in [0.1, 0.15) is 32.6 Å². The number of benzene rings is 1. The summed E-state index contributed by atoms with van der Waals surface area (Å²) in [6.45, 7) is 3.81. The van der Waals surface area contributed by atoms with Crippen molar-refractivity contribution in [1.29, 1.82) is 0 Å². The molecule has 7 nitrogen and oxygen atoms in total. The van der Waals surface area contributed by atoms with Gasteiger partial charge in [-0.1, -0.05) is 12.1 Å². The minimum atomic E-state index is -0.783. The quantitative estimate of drug-likeness (QED) is 0.678. The predicted octanol–water partition coefficient (Wildman–Crippen LogP) is 2.69. The zero-order chi connectivity index (χ0) is 19.4. The van der Waals surface area contributed by atoms with Crippen LogP contribution in [0.4, 0.5) is 0 Å². The van der Waals surface area contributed by atoms with Crippen molar-refractivity contribution in [1.82, 2.24) is 20.3 Å². The highest BCUT2D eigenvalue weighted by molar-refractivity contribution is 7.09. The molecule has 0 saturated carbocycles. The smallest absolute Gasteiger partial charge is 0.251 e. The van der Waals surface area contributed by atoms with Crippen LogP contribution in [0.2, 0.25) is 0 Å². The van der Waals surface area contributed by atoms with Crippen molar-refractivity contribution >= 4 is 17.2 Å². The average Bonchev–Trinajstić information content (AvgIpc) is 3.12. The Kier molecular flexibility index (Phi) is 5.78. The molecule has 0 spiro atoms. The van der Waals surface area contributed by atoms with E-state index < -0.39 is 6.10 Å². The maximum Gasteiger partial charge on any atom is 0.251 e. The Balaban J connectivity index is 1.75. The summed E-state index contributed by atoms with van der Waals surface area (Å²) in [5.41, 5.74) is 4.52. The first-order chi connectivity index (χ1) is 13.0. The molecule has 0 radical (unpaired) electrons. The minimum absolute atomic E-state index is 0.116. The largest absolute Gasteiger partial charge is 0.494 e. The summed E-state index contributed by atoms with van der Waals surface area (Å²) in [7, 11) is 1.55. The van der Waals surface area contributed by atoms with Crippen LogP contribution in [0.15, 0.2) is 36.1 Å². The van der Waals surface area contributed by atoms with Crippen LogP contribution in [-0.2, 0) is 0 Å². The van der Waals surface area contributed by atoms with Crippen LogP contribution in [0, 0.1) is 13.8 Å². The lowest BCUT2D eigenvalue weighted by Gasteiger charge is -2.13. The van der Waals surface area contributed by atoms with E-state index in [-0.39, 0.29) is 12.5 Å². The van der Waals surface area contributed by atoms with E-state index in [9.17, 15) is 9.90 Å². The summed E-state index contributed by atoms with van der Waals surface area (Å²) in [5, 5.41) is 13.0. The van der Waals surface area contributed by atoms with E-state index in [1.165, 1.54) is 11.3 Å². The van der Waals surface area contributed by atoms with Gasteiger partial charge in [0.25, 0.3) is 5.91 Å². The van der Waals surface area contributed by atoms with Crippen LogP contribution < -0.4 is 10.1 Å². The number of methoxy groups -OCH3 is 1. The number of rotatable bonds is 6. The van der Waals surface area contributed by atoms with Gasteiger partial charge < -0.3 is 15.2 Å². The Morgan fingerprint density at radius 3 is 2.63 bits per heavy atom. The monoisotopic (exact) mass is 384 g/mol. The van der Waals surface area contributed by atoms with E-state index in [0.717, 1.165) is 21.7 Å². The molecule has 0 unspecified atom stereocenters. The van der Waals surface area contributed by atoms with Crippen molar-refractivity contribution in [3.8, 4) is 17.1 Å². The second-order valence-corrected chi connectivity index (χ2v) is 6.89. The summed E-state index contributed by atoms with van der Waals surface area (Å²) in [5.74, 6) is 0.811. The Morgan fingerprint density at radius 2 is 2.00 bits per heavy atom. The number of aliphatic hydroxyl groups is 1. The number of hydrogen-bond donors (Lipinski definition) is 2. The zero-order valence-electron chi connectivity index (χ0n) is 15.3. The molecule has 0 aliphatic heterocycles. The van der Waals surface area contributed by atoms with Crippen LogP contribution >= 0.6 is 11.3 Å². The number of nitrogens with one attached hydrogen (secondary N) is 1. The van der Waals surface area contributed by atoms with E-state index in [0.29, 0.717) is 17.1 Å². The van der Waals surface area contributed by atoms with Crippen molar-refractivity contribution in [2.24, 2.45) is 0 Å². The third-order valence-corrected chi connectivity index (χ3v) is 5.18. The topological polar surface area (TPSA) is 97.2 Å². The maximum atomic E-state index is 12.6. The lowest BCUT2D eigenvalue weighted by Crippen LogP contribution is -2.29. The molecule has 1 atom stereocenters. The number of amides is 1. The highest BCUT2D eigenvalue weighted by Gasteiger charge is 2.16. The van der Waals surface area contributed by atoms with Crippen molar-refractivity contribution in [2.75, 3.05) is 13.7 Å². The van der Waals surface area contributed by atoms with Gasteiger partial charge in [0.2, 0.25) is 0 Å². The molecule has 2 aromatic heterocycles. The molecule has 1 aromatic carbocycles. The highest BCUT2D eigenvalue weighted by Crippen LogP contribution is 2.22. The fourth-order valence-corrected chi connectivity index (χ4v) is 3.37. The van der Waals surface area contributed by atoms with Crippen LogP contribution in [0.5, 0.6) is 5.75 Å². The SMILES string of the molecule is COc1cnc(-c2ccc(C)c(C(=O)NC[C@@H](O)c3scnc3C)c2)nc1. The second-order valence-electron chi connectivity index (χ2n) is 6.00. The van der Waals surface area contributed by atoms with Gasteiger partial charge in [0.05, 0.1) is 35.6 Å². The number of hydrogen-bond acceptors (Lipinski definition) is 7. The summed E-state index contributed by atoms with van der Waals surface area (Å²) in [4.78, 5) is 26.0. The first-order valence-electron chi connectivity index (χ1n) is 8.33. The summed E-state index contributed by atoms with van der Waals surface area (Å²) < 4.78 is 5.06. The molecule has 1 amide bonds. The number of aryl methyl sites for hydroxylation is 2. The number of carbonyl (C=O) groups is 1. The van der Waals surface area contributed by atoms with Gasteiger partial charge in [-0.25, -0.2) is 15.0 Å². The Hall–Kier alpha value is -2.84. The number of ether oxygens (including phenoxy) is 1. The van der Waals surface area contributed by atoms with Gasteiger partial charge in [-0.05, 0) is 25.5 Å². The molecule has 2 heterocycles. The molecule has 0 aliphatic rings. The van der Waals surface area contributed by atoms with Crippen LogP contribution in [-0.4, -0.2) is 39.6 Å². The first-order valence-corrected chi connectivity index (χ1v) is 9.21. The Morgan fingerprint density at radius 1 is 1.26 bits per heavy atom. The van der Waals surface area contributed by atoms with Gasteiger partial charge in [-0.2, -0.15) is 0 Å². The van der Waals surface area contributed by atoms with Gasteiger partial charge in [0.15, 0.2) is 11.6 Å². The number of nitrogens with zero attached hydrogens (tertiary/aromatic N) is 3. The molecule has 8 heteroatoms. The summed E-state index contributed by atoms with van der Waals surface area (Å²) in [6, 6.07) is 5.46. The van der Waals surface area contributed by atoms with Crippen molar-refractivity contribution in [2.45, 2.75) is 20.0 Å². The molecule has 0 saturated heterocycles. The molecular formula is C19H20N4O3S. The standard InChI is InChI=1S/C19H20N4O3S/c1-11-4-5-13(18-20-7-14(26-3)8-21-18)6-15(11)19(25)22-9-16(24)17-12(2)23-10-27-17/h4-8,10,16,24H,9H2,1-3H3,(H,22,25)/t16-/m1/s1. The number of aromatic nitrogens is 3. The van der Waals surface area contributed by atoms with E-state index in [1.807, 2.05) is 26.0 Å². The molecule has 0 fully saturated rings. The average molecular weight is 384 g/mol. The fraction of sp³-hybridized carbons (Fsp3) is 0.263. The second kappa shape index (κ2) is 8.24. The third kappa shape index (κ3) is 4.29. The molecule has 2 N–H and O–H groups in total. The highest BCUT2D eigenvalue weighted by atomic mass is 32.1. The Bertz CT molecular complexity index is 940. The van der Waals surface area contributed by atoms with E-state index >= 15 is 0 Å². The molecular weight excluding hydrogens is 364 g/mol. The normalized spacial score (nSPS) is 11.9. The molecule has 0 aliphatic carbocycles. The van der Waals surface area contributed by atoms with E-state index in [1.54, 1.807) is 31.1 Å². The van der Waals surface area contributed by atoms with E-state index in [4.69, 9.17) is 4.74 Å². The molecule has 3 aromatic rings. The van der Waals surface area contributed by atoms with Gasteiger partial charge >= 0.3 is 0 Å². The lowest BCUT2D eigenvalue weighted by atomic mass is 10.0. The predicted molar refractivity (Wildman–Crippen MR) is 103 cm³/mol. The maximum absolute atomic E-state index is 12.6. The van der Waals surface area contributed by atoms with Crippen molar-refractivity contribution in [3.63, 3.8) is 0 Å². The minimum Gasteiger partial charge on any atom is -0.494 e. The van der Waals surface area contributed by atoms with Gasteiger partial charge in [0.1, 0.15) is 6.10 Å². The number of aliphatic hydroxyl groups excluding tert-OH is 1. The lowest BCUT2D eigenvalue weighted by molar-refractivity contribution is 0.0917. The molecule has 27 heavy (non-hydrogen) atoms. The van der Waals surface area contributed by atoms with Crippen molar-refractivity contribution in [3.05, 3.63) is 57.8 Å². The molecule has 3 rings (SSSR count). The number of thiazole rings is 1. The summed E-state index contributed by atoms with van der Waals surface area (Å²) >= 11 is 1.37. The molecule has 0 bridgehead atoms. The summed E-state index contributed by atoms with van der Waals surface area (Å²) in [6.07, 6.45) is 2.38. The van der Waals surface area contributed by atoms with Crippen molar-refractivity contribution < 1.29 is 14.6 Å². The van der Waals surface area contributed by atoms with Gasteiger partial charge in [-0.3, -0.25) is 4.79 Å². The fourth-order valence-electron chi connectivity index (χ4n) is 2.58. The van der Waals surface area contributed by atoms with Crippen LogP contribution in [0.25, 0.3) is 11.4 Å². The van der Waals surface area contributed by atoms with Crippen LogP contribution in [0.3, 0.4) is 0 Å². The number of carbonyl (C=O) groups excluding carboxylic acids is 1. The first kappa shape index (κ1) is 18.9. The third-order valence-electron chi connectivity index (χ3n) is 4.15. The zero-order valence-corrected chi connectivity index (χ0v) is 16.1. The van der Waals surface area contributed by atoms with Gasteiger partial charge in [0, 0.05) is 17.7 Å². The van der Waals surface area contributed by atoms with Gasteiger partial charge in [-0.15, -0.1) is 11.3 Å². The molecule has 140 valence electrons. The van der Waals surface area contributed by atoms with E-state index in [2.05, 4.69) is 20.3 Å². The Labute approximate surface area is 161 Å².